The summed E-state index contributed by atoms with van der Waals surface area (Å²) in [6.07, 6.45) is 2.51. The van der Waals surface area contributed by atoms with Crippen molar-refractivity contribution in [3.8, 4) is 0 Å². The largest absolute Gasteiger partial charge is 0.316 e. The van der Waals surface area contributed by atoms with Crippen LogP contribution in [0, 0.1) is 0 Å². The van der Waals surface area contributed by atoms with Crippen LogP contribution in [0.2, 0.25) is 0 Å². The van der Waals surface area contributed by atoms with E-state index in [0.29, 0.717) is 0 Å². The number of nitrogens with one attached hydrogen (secondary N) is 1. The monoisotopic (exact) mass is 184 g/mol. The van der Waals surface area contributed by atoms with E-state index in [9.17, 15) is 0 Å². The summed E-state index contributed by atoms with van der Waals surface area (Å²) < 4.78 is 0. The molecule has 13 heavy (non-hydrogen) atoms. The quantitative estimate of drug-likeness (QED) is 0.623. The zero-order valence-corrected chi connectivity index (χ0v) is 8.92. The van der Waals surface area contributed by atoms with Gasteiger partial charge in [-0.15, -0.1) is 0 Å². The van der Waals surface area contributed by atoms with Crippen molar-refractivity contribution < 1.29 is 0 Å². The second-order valence-corrected chi connectivity index (χ2v) is 3.74. The summed E-state index contributed by atoms with van der Waals surface area (Å²) in [5.41, 5.74) is 0. The van der Waals surface area contributed by atoms with Crippen LogP contribution in [0.25, 0.3) is 0 Å². The zero-order chi connectivity index (χ0) is 9.52. The fraction of sp³-hybridized carbons (Fsp3) is 1.00. The van der Waals surface area contributed by atoms with Gasteiger partial charge >= 0.3 is 0 Å². The van der Waals surface area contributed by atoms with E-state index in [1.807, 2.05) is 0 Å². The topological polar surface area (TPSA) is 29.4 Å². The van der Waals surface area contributed by atoms with E-state index in [-0.39, 0.29) is 0 Å². The summed E-state index contributed by atoms with van der Waals surface area (Å²) in [4.78, 5) is 2.47. The first-order valence-electron chi connectivity index (χ1n) is 5.38. The number of nitrogens with zero attached hydrogens (tertiary/aromatic N) is 2. The Bertz CT molecular complexity index is 121. The van der Waals surface area contributed by atoms with Gasteiger partial charge in [-0.1, -0.05) is 6.92 Å². The van der Waals surface area contributed by atoms with Gasteiger partial charge in [0, 0.05) is 32.2 Å². The van der Waals surface area contributed by atoms with E-state index < -0.39 is 0 Å². The first-order chi connectivity index (χ1) is 6.34. The summed E-state index contributed by atoms with van der Waals surface area (Å²) in [5, 5.41) is 7.72. The Morgan fingerprint density at radius 2 is 2.08 bits per heavy atom. The molecular formula is C10H22N3. The Hall–Kier alpha value is -0.120. The molecule has 0 spiro atoms. The van der Waals surface area contributed by atoms with Crippen LogP contribution in [0.3, 0.4) is 0 Å². The molecule has 0 aromatic carbocycles. The lowest BCUT2D eigenvalue weighted by Gasteiger charge is -2.30. The first-order valence-corrected chi connectivity index (χ1v) is 5.38. The highest BCUT2D eigenvalue weighted by Crippen LogP contribution is 2.09. The van der Waals surface area contributed by atoms with Gasteiger partial charge in [0.1, 0.15) is 0 Å². The molecule has 1 aliphatic heterocycles. The second-order valence-electron chi connectivity index (χ2n) is 3.74. The molecular weight excluding hydrogens is 162 g/mol. The van der Waals surface area contributed by atoms with E-state index in [0.717, 1.165) is 32.2 Å². The molecule has 1 fully saturated rings. The summed E-state index contributed by atoms with van der Waals surface area (Å²) >= 11 is 0. The Morgan fingerprint density at radius 1 is 1.38 bits per heavy atom. The third kappa shape index (κ3) is 4.07. The molecule has 0 aromatic heterocycles. The molecule has 0 atom stereocenters. The predicted molar refractivity (Wildman–Crippen MR) is 56.1 cm³/mol. The third-order valence-electron chi connectivity index (χ3n) is 2.76. The van der Waals surface area contributed by atoms with E-state index in [1.54, 1.807) is 0 Å². The van der Waals surface area contributed by atoms with Crippen LogP contribution in [0.15, 0.2) is 0 Å². The second kappa shape index (κ2) is 6.35. The van der Waals surface area contributed by atoms with E-state index in [4.69, 9.17) is 0 Å². The minimum atomic E-state index is 0.774. The molecule has 77 valence electrons. The number of hydrogen-bond donors (Lipinski definition) is 1. The van der Waals surface area contributed by atoms with Crippen LogP contribution < -0.4 is 10.6 Å². The minimum absolute atomic E-state index is 0.774. The first kappa shape index (κ1) is 11.0. The van der Waals surface area contributed by atoms with Gasteiger partial charge in [-0.05, 0) is 26.4 Å². The average molecular weight is 184 g/mol. The maximum Gasteiger partial charge on any atom is 0.0148 e. The molecule has 1 N–H and O–H groups in total. The normalized spacial score (nSPS) is 19.6. The number of hydrogen-bond acceptors (Lipinski definition) is 2. The molecule has 1 rings (SSSR count). The third-order valence-corrected chi connectivity index (χ3v) is 2.76. The van der Waals surface area contributed by atoms with Crippen molar-refractivity contribution in [2.24, 2.45) is 0 Å². The highest BCUT2D eigenvalue weighted by molar-refractivity contribution is 4.75. The maximum atomic E-state index is 4.36. The van der Waals surface area contributed by atoms with Gasteiger partial charge in [0.25, 0.3) is 0 Å². The van der Waals surface area contributed by atoms with Crippen molar-refractivity contribution in [1.82, 2.24) is 15.5 Å². The van der Waals surface area contributed by atoms with Crippen LogP contribution >= 0.6 is 0 Å². The van der Waals surface area contributed by atoms with Gasteiger partial charge in [-0.25, -0.2) is 5.32 Å². The molecule has 1 saturated heterocycles. The Balaban J connectivity index is 2.09. The van der Waals surface area contributed by atoms with Gasteiger partial charge in [0.2, 0.25) is 0 Å². The highest BCUT2D eigenvalue weighted by Gasteiger charge is 2.17. The van der Waals surface area contributed by atoms with Gasteiger partial charge in [0.05, 0.1) is 0 Å². The van der Waals surface area contributed by atoms with Crippen LogP contribution in [-0.4, -0.2) is 50.7 Å². The standard InChI is InChI=1S/C10H22N3/c1-3-11-8-9-13(2)10-4-6-12-7-5-10/h10-11H,3-9H2,1-2H3. The van der Waals surface area contributed by atoms with Crippen LogP contribution in [0.1, 0.15) is 19.8 Å². The van der Waals surface area contributed by atoms with Crippen molar-refractivity contribution >= 4 is 0 Å². The smallest absolute Gasteiger partial charge is 0.0148 e. The van der Waals surface area contributed by atoms with Crippen LogP contribution in [-0.2, 0) is 0 Å². The summed E-state index contributed by atoms with van der Waals surface area (Å²) in [6.45, 7) is 7.64. The lowest BCUT2D eigenvalue weighted by molar-refractivity contribution is 0.198. The summed E-state index contributed by atoms with van der Waals surface area (Å²) in [6, 6.07) is 0.774. The van der Waals surface area contributed by atoms with Crippen molar-refractivity contribution in [3.63, 3.8) is 0 Å². The molecule has 1 radical (unpaired) electrons. The Morgan fingerprint density at radius 3 is 2.69 bits per heavy atom. The molecule has 1 aliphatic rings. The maximum absolute atomic E-state index is 4.36. The number of likely N-dealkylation sites (N-methyl/N-ethyl adjacent to an activating group) is 2. The van der Waals surface area contributed by atoms with Crippen molar-refractivity contribution in [3.05, 3.63) is 0 Å². The average Bonchev–Trinajstić information content (AvgIpc) is 2.19. The number of rotatable bonds is 5. The molecule has 0 bridgehead atoms. The van der Waals surface area contributed by atoms with Gasteiger partial charge in [-0.3, -0.25) is 0 Å². The van der Waals surface area contributed by atoms with Crippen LogP contribution in [0.5, 0.6) is 0 Å². The molecule has 0 amide bonds. The molecule has 1 heterocycles. The highest BCUT2D eigenvalue weighted by atomic mass is 15.2. The Kier molecular flexibility index (Phi) is 5.35. The Labute approximate surface area is 81.9 Å². The molecule has 3 nitrogen and oxygen atoms in total. The molecule has 0 aromatic rings. The van der Waals surface area contributed by atoms with Crippen molar-refractivity contribution in [2.75, 3.05) is 39.8 Å². The lowest BCUT2D eigenvalue weighted by atomic mass is 10.1. The molecule has 0 unspecified atom stereocenters. The van der Waals surface area contributed by atoms with Gasteiger partial charge in [0.15, 0.2) is 0 Å². The number of piperidine rings is 1. The molecule has 0 saturated carbocycles. The van der Waals surface area contributed by atoms with E-state index in [1.165, 1.54) is 19.4 Å². The summed E-state index contributed by atoms with van der Waals surface area (Å²) in [5.74, 6) is 0. The lowest BCUT2D eigenvalue weighted by Crippen LogP contribution is -2.41. The van der Waals surface area contributed by atoms with Gasteiger partial charge in [-0.2, -0.15) is 0 Å². The summed E-state index contributed by atoms with van der Waals surface area (Å²) in [7, 11) is 2.23. The molecule has 0 aliphatic carbocycles. The van der Waals surface area contributed by atoms with Gasteiger partial charge < -0.3 is 10.2 Å². The molecule has 3 heteroatoms. The fourth-order valence-corrected chi connectivity index (χ4v) is 1.79. The fourth-order valence-electron chi connectivity index (χ4n) is 1.79. The van der Waals surface area contributed by atoms with E-state index in [2.05, 4.69) is 29.5 Å². The minimum Gasteiger partial charge on any atom is -0.316 e. The SMILES string of the molecule is CCNCCN(C)C1CC[N]CC1. The van der Waals surface area contributed by atoms with E-state index >= 15 is 0 Å². The van der Waals surface area contributed by atoms with Crippen molar-refractivity contribution in [1.29, 1.82) is 0 Å². The van der Waals surface area contributed by atoms with Crippen molar-refractivity contribution in [2.45, 2.75) is 25.8 Å². The zero-order valence-electron chi connectivity index (χ0n) is 8.92. The predicted octanol–water partition coefficient (Wildman–Crippen LogP) is 0.295. The van der Waals surface area contributed by atoms with Crippen LogP contribution in [0.4, 0.5) is 0 Å².